The summed E-state index contributed by atoms with van der Waals surface area (Å²) >= 11 is 0. The van der Waals surface area contributed by atoms with E-state index in [4.69, 9.17) is 5.11 Å². The van der Waals surface area contributed by atoms with E-state index >= 15 is 0 Å². The van der Waals surface area contributed by atoms with Gasteiger partial charge in [0, 0.05) is 19.6 Å². The molecule has 7 nitrogen and oxygen atoms in total. The number of urea groups is 1. The van der Waals surface area contributed by atoms with Crippen LogP contribution >= 0.6 is 0 Å². The van der Waals surface area contributed by atoms with Gasteiger partial charge in [-0.2, -0.15) is 0 Å². The van der Waals surface area contributed by atoms with Crippen LogP contribution in [0.5, 0.6) is 0 Å². The lowest BCUT2D eigenvalue weighted by Gasteiger charge is -2.24. The summed E-state index contributed by atoms with van der Waals surface area (Å²) in [6.07, 6.45) is 0.445. The summed E-state index contributed by atoms with van der Waals surface area (Å²) in [6.45, 7) is 3.33. The van der Waals surface area contributed by atoms with Crippen molar-refractivity contribution < 1.29 is 23.1 Å². The highest BCUT2D eigenvalue weighted by atomic mass is 32.2. The van der Waals surface area contributed by atoms with Crippen LogP contribution in [-0.4, -0.2) is 55.8 Å². The highest BCUT2D eigenvalue weighted by molar-refractivity contribution is 7.91. The molecule has 0 aliphatic rings. The predicted molar refractivity (Wildman–Crippen MR) is 90.5 cm³/mol. The molecule has 2 amide bonds. The van der Waals surface area contributed by atoms with Crippen LogP contribution in [-0.2, 0) is 14.6 Å². The van der Waals surface area contributed by atoms with Gasteiger partial charge in [-0.3, -0.25) is 4.79 Å². The highest BCUT2D eigenvalue weighted by Gasteiger charge is 2.24. The number of carboxylic acids is 1. The van der Waals surface area contributed by atoms with Crippen molar-refractivity contribution in [1.82, 2.24) is 10.2 Å². The van der Waals surface area contributed by atoms with Crippen molar-refractivity contribution in [2.24, 2.45) is 5.92 Å². The van der Waals surface area contributed by atoms with Gasteiger partial charge in [-0.1, -0.05) is 32.0 Å². The first-order valence-corrected chi connectivity index (χ1v) is 9.34. The molecule has 1 aromatic rings. The van der Waals surface area contributed by atoms with Gasteiger partial charge in [0.2, 0.25) is 0 Å². The first-order chi connectivity index (χ1) is 11.2. The van der Waals surface area contributed by atoms with E-state index in [1.54, 1.807) is 25.1 Å². The number of rotatable bonds is 8. The third kappa shape index (κ3) is 5.84. The van der Waals surface area contributed by atoms with Crippen molar-refractivity contribution >= 4 is 21.8 Å². The van der Waals surface area contributed by atoms with Crippen molar-refractivity contribution in [2.45, 2.75) is 31.2 Å². The Bertz CT molecular complexity index is 660. The first-order valence-electron chi connectivity index (χ1n) is 7.69. The SMILES string of the molecule is CCC(CS(=O)(=O)c1ccccc1)NC(=O)N(C)CC(C)C(=O)O. The summed E-state index contributed by atoms with van der Waals surface area (Å²) < 4.78 is 24.8. The molecule has 0 aliphatic carbocycles. The van der Waals surface area contributed by atoms with Crippen molar-refractivity contribution in [2.75, 3.05) is 19.3 Å². The molecule has 1 aromatic carbocycles. The zero-order valence-corrected chi connectivity index (χ0v) is 14.9. The number of carbonyl (C=O) groups excluding carboxylic acids is 1. The second-order valence-corrected chi connectivity index (χ2v) is 7.80. The lowest BCUT2D eigenvalue weighted by Crippen LogP contribution is -2.47. The molecule has 0 saturated carbocycles. The van der Waals surface area contributed by atoms with Crippen molar-refractivity contribution in [3.05, 3.63) is 30.3 Å². The van der Waals surface area contributed by atoms with E-state index in [1.165, 1.54) is 31.0 Å². The molecule has 2 atom stereocenters. The van der Waals surface area contributed by atoms with Gasteiger partial charge in [-0.15, -0.1) is 0 Å². The average molecular weight is 356 g/mol. The Labute approximate surface area is 142 Å². The topological polar surface area (TPSA) is 104 Å². The molecule has 0 radical (unpaired) electrons. The lowest BCUT2D eigenvalue weighted by atomic mass is 10.2. The van der Waals surface area contributed by atoms with Crippen LogP contribution in [0.4, 0.5) is 4.79 Å². The Kier molecular flexibility index (Phi) is 7.21. The van der Waals surface area contributed by atoms with Gasteiger partial charge in [0.15, 0.2) is 9.84 Å². The van der Waals surface area contributed by atoms with Crippen LogP contribution in [0.1, 0.15) is 20.3 Å². The predicted octanol–water partition coefficient (Wildman–Crippen LogP) is 1.60. The van der Waals surface area contributed by atoms with E-state index in [-0.39, 0.29) is 17.2 Å². The summed E-state index contributed by atoms with van der Waals surface area (Å²) in [4.78, 5) is 24.4. The van der Waals surface area contributed by atoms with Gasteiger partial charge in [0.05, 0.1) is 16.6 Å². The van der Waals surface area contributed by atoms with E-state index < -0.39 is 33.8 Å². The summed E-state index contributed by atoms with van der Waals surface area (Å²) in [7, 11) is -2.03. The van der Waals surface area contributed by atoms with E-state index in [2.05, 4.69) is 5.32 Å². The highest BCUT2D eigenvalue weighted by Crippen LogP contribution is 2.12. The summed E-state index contributed by atoms with van der Waals surface area (Å²) in [5, 5.41) is 11.5. The van der Waals surface area contributed by atoms with Crippen molar-refractivity contribution in [3.8, 4) is 0 Å². The molecular weight excluding hydrogens is 332 g/mol. The standard InChI is InChI=1S/C16H24N2O5S/c1-4-13(11-24(22,23)14-8-6-5-7-9-14)17-16(21)18(3)10-12(2)15(19)20/h5-9,12-13H,4,10-11H2,1-3H3,(H,17,21)(H,19,20). The zero-order chi connectivity index (χ0) is 18.3. The first kappa shape index (κ1) is 20.0. The number of sulfone groups is 1. The lowest BCUT2D eigenvalue weighted by molar-refractivity contribution is -0.141. The molecule has 0 aromatic heterocycles. The minimum absolute atomic E-state index is 0.0447. The van der Waals surface area contributed by atoms with E-state index in [0.29, 0.717) is 6.42 Å². The average Bonchev–Trinajstić information content (AvgIpc) is 2.54. The number of nitrogens with zero attached hydrogens (tertiary/aromatic N) is 1. The number of aliphatic carboxylic acids is 1. The molecule has 24 heavy (non-hydrogen) atoms. The number of amides is 2. The number of benzene rings is 1. The molecule has 0 fully saturated rings. The molecule has 2 N–H and O–H groups in total. The van der Waals surface area contributed by atoms with Gasteiger partial charge in [-0.05, 0) is 18.6 Å². The van der Waals surface area contributed by atoms with Gasteiger partial charge < -0.3 is 15.3 Å². The maximum atomic E-state index is 12.4. The fourth-order valence-corrected chi connectivity index (χ4v) is 3.72. The molecule has 2 unspecified atom stereocenters. The quantitative estimate of drug-likeness (QED) is 0.736. The molecule has 0 saturated heterocycles. The second kappa shape index (κ2) is 8.68. The monoisotopic (exact) mass is 356 g/mol. The van der Waals surface area contributed by atoms with Gasteiger partial charge in [0.1, 0.15) is 0 Å². The van der Waals surface area contributed by atoms with Gasteiger partial charge in [0.25, 0.3) is 0 Å². The van der Waals surface area contributed by atoms with Crippen LogP contribution in [0.15, 0.2) is 35.2 Å². The van der Waals surface area contributed by atoms with E-state index in [1.807, 2.05) is 0 Å². The Morgan fingerprint density at radius 1 is 1.25 bits per heavy atom. The van der Waals surface area contributed by atoms with Gasteiger partial charge in [-0.25, -0.2) is 13.2 Å². The van der Waals surface area contributed by atoms with Crippen LogP contribution in [0.3, 0.4) is 0 Å². The second-order valence-electron chi connectivity index (χ2n) is 5.77. The number of carbonyl (C=O) groups is 2. The smallest absolute Gasteiger partial charge is 0.317 e. The van der Waals surface area contributed by atoms with Crippen LogP contribution in [0, 0.1) is 5.92 Å². The van der Waals surface area contributed by atoms with Gasteiger partial charge >= 0.3 is 12.0 Å². The maximum Gasteiger partial charge on any atom is 0.317 e. The molecule has 0 aliphatic heterocycles. The number of carboxylic acid groups (broad SMARTS) is 1. The Balaban J connectivity index is 2.70. The van der Waals surface area contributed by atoms with E-state index in [0.717, 1.165) is 0 Å². The minimum Gasteiger partial charge on any atom is -0.481 e. The van der Waals surface area contributed by atoms with Crippen molar-refractivity contribution in [3.63, 3.8) is 0 Å². The molecule has 134 valence electrons. The molecule has 0 heterocycles. The number of nitrogens with one attached hydrogen (secondary N) is 1. The third-order valence-corrected chi connectivity index (χ3v) is 5.49. The fraction of sp³-hybridized carbons (Fsp3) is 0.500. The number of hydrogen-bond donors (Lipinski definition) is 2. The molecule has 8 heteroatoms. The molecular formula is C16H24N2O5S. The Hall–Kier alpha value is -2.09. The molecule has 1 rings (SSSR count). The fourth-order valence-electron chi connectivity index (χ4n) is 2.11. The molecule has 0 bridgehead atoms. The Morgan fingerprint density at radius 2 is 1.83 bits per heavy atom. The van der Waals surface area contributed by atoms with E-state index in [9.17, 15) is 18.0 Å². The van der Waals surface area contributed by atoms with Crippen LogP contribution in [0.2, 0.25) is 0 Å². The summed E-state index contributed by atoms with van der Waals surface area (Å²) in [6, 6.07) is 7.02. The van der Waals surface area contributed by atoms with Crippen LogP contribution in [0.25, 0.3) is 0 Å². The normalized spacial score (nSPS) is 13.8. The largest absolute Gasteiger partial charge is 0.481 e. The van der Waals surface area contributed by atoms with Crippen LogP contribution < -0.4 is 5.32 Å². The Morgan fingerprint density at radius 3 is 2.33 bits per heavy atom. The molecule has 0 spiro atoms. The maximum absolute atomic E-state index is 12.4. The van der Waals surface area contributed by atoms with Crippen molar-refractivity contribution in [1.29, 1.82) is 0 Å². The summed E-state index contributed by atoms with van der Waals surface area (Å²) in [5.74, 6) is -1.90. The zero-order valence-electron chi connectivity index (χ0n) is 14.1. The summed E-state index contributed by atoms with van der Waals surface area (Å²) in [5.41, 5.74) is 0. The third-order valence-electron chi connectivity index (χ3n) is 3.66. The number of hydrogen-bond acceptors (Lipinski definition) is 4. The minimum atomic E-state index is -3.51.